The van der Waals surface area contributed by atoms with Crippen LogP contribution in [-0.4, -0.2) is 17.1 Å². The predicted molar refractivity (Wildman–Crippen MR) is 53.7 cm³/mol. The van der Waals surface area contributed by atoms with Crippen LogP contribution in [0.2, 0.25) is 0 Å². The van der Waals surface area contributed by atoms with Crippen molar-refractivity contribution in [3.8, 4) is 5.75 Å². The number of aromatic nitrogens is 2. The summed E-state index contributed by atoms with van der Waals surface area (Å²) < 4.78 is 5.14. The molecule has 0 unspecified atom stereocenters. The highest BCUT2D eigenvalue weighted by Gasteiger charge is 2.04. The summed E-state index contributed by atoms with van der Waals surface area (Å²) in [5.41, 5.74) is 1.06. The van der Waals surface area contributed by atoms with Crippen molar-refractivity contribution in [2.45, 2.75) is 6.92 Å². The SMILES string of the molecule is COc1cccc2c(C)nc(=O)[nH]c12. The van der Waals surface area contributed by atoms with Gasteiger partial charge in [0, 0.05) is 5.39 Å². The van der Waals surface area contributed by atoms with Gasteiger partial charge in [-0.1, -0.05) is 12.1 Å². The van der Waals surface area contributed by atoms with Crippen LogP contribution in [0, 0.1) is 6.92 Å². The van der Waals surface area contributed by atoms with Crippen molar-refractivity contribution < 1.29 is 4.74 Å². The Bertz CT molecular complexity index is 531. The maximum atomic E-state index is 11.2. The zero-order chi connectivity index (χ0) is 10.1. The number of fused-ring (bicyclic) bond motifs is 1. The van der Waals surface area contributed by atoms with E-state index in [9.17, 15) is 4.79 Å². The molecule has 4 nitrogen and oxygen atoms in total. The largest absolute Gasteiger partial charge is 0.495 e. The molecule has 0 amide bonds. The second-order valence-electron chi connectivity index (χ2n) is 3.01. The average molecular weight is 190 g/mol. The van der Waals surface area contributed by atoms with Crippen molar-refractivity contribution in [1.29, 1.82) is 0 Å². The number of rotatable bonds is 1. The van der Waals surface area contributed by atoms with E-state index in [2.05, 4.69) is 9.97 Å². The van der Waals surface area contributed by atoms with E-state index in [1.165, 1.54) is 0 Å². The van der Waals surface area contributed by atoms with Gasteiger partial charge in [-0.3, -0.25) is 0 Å². The summed E-state index contributed by atoms with van der Waals surface area (Å²) in [6.07, 6.45) is 0. The second kappa shape index (κ2) is 3.14. The lowest BCUT2D eigenvalue weighted by molar-refractivity contribution is 0.418. The predicted octanol–water partition coefficient (Wildman–Crippen LogP) is 1.24. The van der Waals surface area contributed by atoms with Gasteiger partial charge in [-0.25, -0.2) is 4.79 Å². The molecule has 0 aliphatic carbocycles. The molecular formula is C10H10N2O2. The highest BCUT2D eigenvalue weighted by molar-refractivity contribution is 5.85. The molecule has 4 heteroatoms. The van der Waals surface area contributed by atoms with E-state index in [1.807, 2.05) is 12.1 Å². The Hall–Kier alpha value is -1.84. The molecule has 72 valence electrons. The van der Waals surface area contributed by atoms with Gasteiger partial charge in [0.25, 0.3) is 0 Å². The Morgan fingerprint density at radius 3 is 2.93 bits per heavy atom. The Morgan fingerprint density at radius 2 is 2.21 bits per heavy atom. The molecule has 1 N–H and O–H groups in total. The van der Waals surface area contributed by atoms with Gasteiger partial charge in [0.2, 0.25) is 0 Å². The Morgan fingerprint density at radius 1 is 1.43 bits per heavy atom. The van der Waals surface area contributed by atoms with E-state index in [4.69, 9.17) is 4.74 Å². The van der Waals surface area contributed by atoms with Gasteiger partial charge < -0.3 is 9.72 Å². The third-order valence-electron chi connectivity index (χ3n) is 2.14. The molecule has 0 atom stereocenters. The summed E-state index contributed by atoms with van der Waals surface area (Å²) in [6, 6.07) is 5.57. The smallest absolute Gasteiger partial charge is 0.345 e. The molecule has 0 spiro atoms. The number of aryl methyl sites for hydroxylation is 1. The van der Waals surface area contributed by atoms with Crippen molar-refractivity contribution in [1.82, 2.24) is 9.97 Å². The third kappa shape index (κ3) is 1.25. The number of hydrogen-bond donors (Lipinski definition) is 1. The van der Waals surface area contributed by atoms with Crippen LogP contribution in [0.1, 0.15) is 5.69 Å². The minimum absolute atomic E-state index is 0.348. The Balaban J connectivity index is 2.93. The summed E-state index contributed by atoms with van der Waals surface area (Å²) in [6.45, 7) is 1.80. The highest BCUT2D eigenvalue weighted by Crippen LogP contribution is 2.22. The van der Waals surface area contributed by atoms with Crippen LogP contribution in [0.25, 0.3) is 10.9 Å². The first kappa shape index (κ1) is 8.74. The molecule has 0 aliphatic rings. The zero-order valence-corrected chi connectivity index (χ0v) is 8.00. The monoisotopic (exact) mass is 190 g/mol. The first-order chi connectivity index (χ1) is 6.72. The quantitative estimate of drug-likeness (QED) is 0.736. The van der Waals surface area contributed by atoms with E-state index in [-0.39, 0.29) is 5.69 Å². The van der Waals surface area contributed by atoms with Gasteiger partial charge >= 0.3 is 5.69 Å². The summed E-state index contributed by atoms with van der Waals surface area (Å²) in [7, 11) is 1.57. The number of hydrogen-bond acceptors (Lipinski definition) is 3. The minimum Gasteiger partial charge on any atom is -0.495 e. The van der Waals surface area contributed by atoms with Crippen LogP contribution in [0.5, 0.6) is 5.75 Å². The van der Waals surface area contributed by atoms with Crippen LogP contribution in [-0.2, 0) is 0 Å². The standard InChI is InChI=1S/C10H10N2O2/c1-6-7-4-3-5-8(14-2)9(7)12-10(13)11-6/h3-5H,1-2H3,(H,11,12,13). The molecule has 2 rings (SSSR count). The second-order valence-corrected chi connectivity index (χ2v) is 3.01. The lowest BCUT2D eigenvalue weighted by atomic mass is 10.2. The molecule has 0 bridgehead atoms. The van der Waals surface area contributed by atoms with E-state index < -0.39 is 0 Å². The van der Waals surface area contributed by atoms with Crippen LogP contribution in [0.3, 0.4) is 0 Å². The summed E-state index contributed by atoms with van der Waals surface area (Å²) in [4.78, 5) is 17.6. The normalized spacial score (nSPS) is 10.4. The summed E-state index contributed by atoms with van der Waals surface area (Å²) in [5.74, 6) is 0.658. The number of methoxy groups -OCH3 is 1. The number of aromatic amines is 1. The van der Waals surface area contributed by atoms with E-state index in [0.29, 0.717) is 17.0 Å². The maximum Gasteiger partial charge on any atom is 0.345 e. The molecule has 2 aromatic rings. The van der Waals surface area contributed by atoms with Crippen LogP contribution in [0.4, 0.5) is 0 Å². The lowest BCUT2D eigenvalue weighted by Gasteiger charge is -2.05. The van der Waals surface area contributed by atoms with E-state index in [0.717, 1.165) is 5.39 Å². The fraction of sp³-hybridized carbons (Fsp3) is 0.200. The summed E-state index contributed by atoms with van der Waals surface area (Å²) >= 11 is 0. The van der Waals surface area contributed by atoms with Crippen LogP contribution in [0.15, 0.2) is 23.0 Å². The highest BCUT2D eigenvalue weighted by atomic mass is 16.5. The minimum atomic E-state index is -0.348. The molecule has 1 heterocycles. The summed E-state index contributed by atoms with van der Waals surface area (Å²) in [5, 5.41) is 0.906. The molecular weight excluding hydrogens is 180 g/mol. The van der Waals surface area contributed by atoms with Gasteiger partial charge in [-0.2, -0.15) is 4.98 Å². The maximum absolute atomic E-state index is 11.2. The van der Waals surface area contributed by atoms with Gasteiger partial charge in [-0.15, -0.1) is 0 Å². The van der Waals surface area contributed by atoms with E-state index >= 15 is 0 Å². The zero-order valence-electron chi connectivity index (χ0n) is 8.00. The number of H-pyrrole nitrogens is 1. The topological polar surface area (TPSA) is 55.0 Å². The first-order valence-corrected chi connectivity index (χ1v) is 4.26. The first-order valence-electron chi connectivity index (χ1n) is 4.26. The van der Waals surface area contributed by atoms with Crippen molar-refractivity contribution in [2.75, 3.05) is 7.11 Å². The van der Waals surface area contributed by atoms with Gasteiger partial charge in [0.15, 0.2) is 0 Å². The van der Waals surface area contributed by atoms with Gasteiger partial charge in [0.1, 0.15) is 5.75 Å². The average Bonchev–Trinajstić information content (AvgIpc) is 2.17. The number of para-hydroxylation sites is 1. The molecule has 1 aromatic heterocycles. The number of benzene rings is 1. The molecule has 0 fully saturated rings. The fourth-order valence-corrected chi connectivity index (χ4v) is 1.48. The van der Waals surface area contributed by atoms with E-state index in [1.54, 1.807) is 20.1 Å². The fourth-order valence-electron chi connectivity index (χ4n) is 1.48. The molecule has 1 aromatic carbocycles. The van der Waals surface area contributed by atoms with Gasteiger partial charge in [0.05, 0.1) is 18.3 Å². The third-order valence-corrected chi connectivity index (χ3v) is 2.14. The van der Waals surface area contributed by atoms with Gasteiger partial charge in [-0.05, 0) is 13.0 Å². The van der Waals surface area contributed by atoms with Crippen LogP contribution < -0.4 is 10.4 Å². The van der Waals surface area contributed by atoms with Crippen LogP contribution >= 0.6 is 0 Å². The Labute approximate surface area is 80.6 Å². The molecule has 0 aliphatic heterocycles. The lowest BCUT2D eigenvalue weighted by Crippen LogP contribution is -2.11. The Kier molecular flexibility index (Phi) is 1.96. The number of nitrogens with zero attached hydrogens (tertiary/aromatic N) is 1. The van der Waals surface area contributed by atoms with Crippen molar-refractivity contribution in [3.05, 3.63) is 34.4 Å². The van der Waals surface area contributed by atoms with Crippen molar-refractivity contribution in [2.24, 2.45) is 0 Å². The molecule has 14 heavy (non-hydrogen) atoms. The van der Waals surface area contributed by atoms with Crippen molar-refractivity contribution in [3.63, 3.8) is 0 Å². The molecule has 0 saturated heterocycles. The number of nitrogens with one attached hydrogen (secondary N) is 1. The molecule has 0 saturated carbocycles. The van der Waals surface area contributed by atoms with Crippen molar-refractivity contribution >= 4 is 10.9 Å². The molecule has 0 radical (unpaired) electrons. The number of ether oxygens (including phenoxy) is 1.